The molecule has 2 heterocycles. The Morgan fingerprint density at radius 3 is 2.69 bits per heavy atom. The Bertz CT molecular complexity index is 681. The van der Waals surface area contributed by atoms with Gasteiger partial charge in [0, 0.05) is 52.4 Å². The number of aliphatic imine (C=N–C) groups is 1. The highest BCUT2D eigenvalue weighted by Crippen LogP contribution is 2.08. The van der Waals surface area contributed by atoms with E-state index in [-0.39, 0.29) is 24.0 Å². The van der Waals surface area contributed by atoms with E-state index in [1.165, 1.54) is 11.1 Å². The fourth-order valence-electron chi connectivity index (χ4n) is 3.18. The lowest BCUT2D eigenvalue weighted by atomic mass is 10.1. The molecule has 1 fully saturated rings. The summed E-state index contributed by atoms with van der Waals surface area (Å²) in [5, 5.41) is 7.49. The van der Waals surface area contributed by atoms with Gasteiger partial charge in [0.25, 0.3) is 0 Å². The second kappa shape index (κ2) is 10.5. The number of hydrogen-bond donors (Lipinski definition) is 1. The molecule has 1 aromatic heterocycles. The first kappa shape index (κ1) is 20.7. The number of aryl methyl sites for hydroxylation is 1. The number of nitrogens with zero attached hydrogens (tertiary/aromatic N) is 4. The van der Waals surface area contributed by atoms with E-state index in [0.29, 0.717) is 0 Å². The highest BCUT2D eigenvalue weighted by Gasteiger charge is 2.20. The maximum Gasteiger partial charge on any atom is 0.193 e. The molecular formula is C19H28IN5O. The third-order valence-corrected chi connectivity index (χ3v) is 4.54. The van der Waals surface area contributed by atoms with Crippen LogP contribution in [0.25, 0.3) is 0 Å². The van der Waals surface area contributed by atoms with E-state index in [1.54, 1.807) is 6.26 Å². The minimum Gasteiger partial charge on any atom is -0.364 e. The summed E-state index contributed by atoms with van der Waals surface area (Å²) in [5.41, 5.74) is 3.67. The molecule has 6 nitrogen and oxygen atoms in total. The summed E-state index contributed by atoms with van der Waals surface area (Å²) in [7, 11) is 1.86. The van der Waals surface area contributed by atoms with E-state index in [9.17, 15) is 0 Å². The van der Waals surface area contributed by atoms with Crippen LogP contribution in [0.5, 0.6) is 0 Å². The molecule has 7 heteroatoms. The van der Waals surface area contributed by atoms with E-state index in [1.807, 2.05) is 13.1 Å². The minimum atomic E-state index is 0. The molecular weight excluding hydrogens is 441 g/mol. The third kappa shape index (κ3) is 5.98. The fourth-order valence-corrected chi connectivity index (χ4v) is 3.18. The average Bonchev–Trinajstić information content (AvgIpc) is 3.13. The van der Waals surface area contributed by atoms with Gasteiger partial charge in [0.1, 0.15) is 6.26 Å². The van der Waals surface area contributed by atoms with E-state index in [0.717, 1.165) is 57.3 Å². The first-order chi connectivity index (χ1) is 12.2. The molecule has 1 aromatic carbocycles. The molecule has 1 saturated heterocycles. The first-order valence-electron chi connectivity index (χ1n) is 8.87. The largest absolute Gasteiger partial charge is 0.364 e. The lowest BCUT2D eigenvalue weighted by Crippen LogP contribution is -2.52. The second-order valence-electron chi connectivity index (χ2n) is 6.47. The molecule has 0 amide bonds. The van der Waals surface area contributed by atoms with Gasteiger partial charge in [0.2, 0.25) is 0 Å². The molecule has 0 unspecified atom stereocenters. The van der Waals surface area contributed by atoms with Gasteiger partial charge >= 0.3 is 0 Å². The Labute approximate surface area is 172 Å². The van der Waals surface area contributed by atoms with Gasteiger partial charge in [0.15, 0.2) is 5.96 Å². The van der Waals surface area contributed by atoms with Crippen LogP contribution < -0.4 is 5.32 Å². The van der Waals surface area contributed by atoms with Crippen LogP contribution in [0.2, 0.25) is 0 Å². The number of hydrogen-bond acceptors (Lipinski definition) is 4. The van der Waals surface area contributed by atoms with E-state index in [4.69, 9.17) is 4.52 Å². The van der Waals surface area contributed by atoms with Crippen molar-refractivity contribution in [2.24, 2.45) is 4.99 Å². The van der Waals surface area contributed by atoms with Crippen molar-refractivity contribution >= 4 is 29.9 Å². The van der Waals surface area contributed by atoms with Gasteiger partial charge in [-0.3, -0.25) is 9.89 Å². The van der Waals surface area contributed by atoms with Crippen molar-refractivity contribution in [1.29, 1.82) is 0 Å². The standard InChI is InChI=1S/C19H27N5O.HI/c1-16-4-3-5-17(14-16)6-8-21-19(20-2)24-11-9-23(10-12-24)15-18-7-13-25-22-18;/h3-5,7,13-14H,6,8-12,15H2,1-2H3,(H,20,21);1H. The number of benzene rings is 1. The van der Waals surface area contributed by atoms with Gasteiger partial charge < -0.3 is 14.7 Å². The third-order valence-electron chi connectivity index (χ3n) is 4.54. The Hall–Kier alpha value is -1.61. The normalized spacial score (nSPS) is 15.6. The van der Waals surface area contributed by atoms with Gasteiger partial charge in [-0.05, 0) is 18.9 Å². The van der Waals surface area contributed by atoms with Crippen LogP contribution in [0.3, 0.4) is 0 Å². The number of guanidine groups is 1. The van der Waals surface area contributed by atoms with Crippen molar-refractivity contribution in [2.75, 3.05) is 39.8 Å². The van der Waals surface area contributed by atoms with Crippen LogP contribution in [0.15, 0.2) is 46.1 Å². The Kier molecular flexibility index (Phi) is 8.37. The van der Waals surface area contributed by atoms with Gasteiger partial charge in [0.05, 0.1) is 5.69 Å². The number of nitrogens with one attached hydrogen (secondary N) is 1. The van der Waals surface area contributed by atoms with Crippen LogP contribution in [0, 0.1) is 6.92 Å². The smallest absolute Gasteiger partial charge is 0.193 e. The fraction of sp³-hybridized carbons (Fsp3) is 0.474. The predicted octanol–water partition coefficient (Wildman–Crippen LogP) is 2.54. The van der Waals surface area contributed by atoms with Gasteiger partial charge in [-0.15, -0.1) is 24.0 Å². The zero-order valence-corrected chi connectivity index (χ0v) is 17.8. The van der Waals surface area contributed by atoms with E-state index >= 15 is 0 Å². The summed E-state index contributed by atoms with van der Waals surface area (Å²) < 4.78 is 4.90. The van der Waals surface area contributed by atoms with Crippen molar-refractivity contribution in [1.82, 2.24) is 20.3 Å². The van der Waals surface area contributed by atoms with Crippen LogP contribution in [0.1, 0.15) is 16.8 Å². The molecule has 0 atom stereocenters. The zero-order chi connectivity index (χ0) is 17.5. The van der Waals surface area contributed by atoms with Crippen molar-refractivity contribution in [3.05, 3.63) is 53.4 Å². The van der Waals surface area contributed by atoms with Crippen LogP contribution in [0.4, 0.5) is 0 Å². The summed E-state index contributed by atoms with van der Waals surface area (Å²) in [6, 6.07) is 10.6. The van der Waals surface area contributed by atoms with Crippen molar-refractivity contribution in [2.45, 2.75) is 19.9 Å². The SMILES string of the molecule is CN=C(NCCc1cccc(C)c1)N1CCN(Cc2ccon2)CC1.I. The molecule has 3 rings (SSSR count). The topological polar surface area (TPSA) is 56.9 Å². The zero-order valence-electron chi connectivity index (χ0n) is 15.5. The summed E-state index contributed by atoms with van der Waals surface area (Å²) in [6.07, 6.45) is 2.64. The molecule has 1 aliphatic rings. The Morgan fingerprint density at radius 1 is 1.23 bits per heavy atom. The highest BCUT2D eigenvalue weighted by atomic mass is 127. The number of rotatable bonds is 5. The summed E-state index contributed by atoms with van der Waals surface area (Å²) in [4.78, 5) is 9.17. The Morgan fingerprint density at radius 2 is 2.04 bits per heavy atom. The van der Waals surface area contributed by atoms with Crippen molar-refractivity contribution in [3.8, 4) is 0 Å². The van der Waals surface area contributed by atoms with Gasteiger partial charge in [-0.25, -0.2) is 0 Å². The Balaban J connectivity index is 0.00000243. The summed E-state index contributed by atoms with van der Waals surface area (Å²) in [6.45, 7) is 7.84. The predicted molar refractivity (Wildman–Crippen MR) is 115 cm³/mol. The molecule has 0 bridgehead atoms. The summed E-state index contributed by atoms with van der Waals surface area (Å²) in [5.74, 6) is 0.994. The highest BCUT2D eigenvalue weighted by molar-refractivity contribution is 14.0. The first-order valence-corrected chi connectivity index (χ1v) is 8.87. The van der Waals surface area contributed by atoms with Gasteiger partial charge in [-0.2, -0.15) is 0 Å². The number of halogens is 1. The maximum absolute atomic E-state index is 4.90. The monoisotopic (exact) mass is 469 g/mol. The molecule has 0 radical (unpaired) electrons. The van der Waals surface area contributed by atoms with Crippen molar-refractivity contribution in [3.63, 3.8) is 0 Å². The summed E-state index contributed by atoms with van der Waals surface area (Å²) >= 11 is 0. The molecule has 1 N–H and O–H groups in total. The van der Waals surface area contributed by atoms with Crippen LogP contribution >= 0.6 is 24.0 Å². The quantitative estimate of drug-likeness (QED) is 0.415. The van der Waals surface area contributed by atoms with Crippen LogP contribution in [-0.2, 0) is 13.0 Å². The van der Waals surface area contributed by atoms with Crippen LogP contribution in [-0.4, -0.2) is 60.7 Å². The minimum absolute atomic E-state index is 0. The maximum atomic E-state index is 4.90. The van der Waals surface area contributed by atoms with E-state index < -0.39 is 0 Å². The van der Waals surface area contributed by atoms with Crippen molar-refractivity contribution < 1.29 is 4.52 Å². The average molecular weight is 469 g/mol. The van der Waals surface area contributed by atoms with Gasteiger partial charge in [-0.1, -0.05) is 35.0 Å². The number of aromatic nitrogens is 1. The molecule has 1 aliphatic heterocycles. The molecule has 0 aliphatic carbocycles. The van der Waals surface area contributed by atoms with E-state index in [2.05, 4.69) is 56.5 Å². The lowest BCUT2D eigenvalue weighted by molar-refractivity contribution is 0.169. The molecule has 142 valence electrons. The lowest BCUT2D eigenvalue weighted by Gasteiger charge is -2.36. The molecule has 0 spiro atoms. The second-order valence-corrected chi connectivity index (χ2v) is 6.47. The molecule has 26 heavy (non-hydrogen) atoms. The number of piperazine rings is 1. The molecule has 0 saturated carbocycles. The molecule has 2 aromatic rings.